The highest BCUT2D eigenvalue weighted by Gasteiger charge is 2.36. The van der Waals surface area contributed by atoms with Crippen LogP contribution in [0.2, 0.25) is 0 Å². The molecule has 0 aliphatic heterocycles. The first kappa shape index (κ1) is 21.4. The summed E-state index contributed by atoms with van der Waals surface area (Å²) >= 11 is 1.32. The number of aryl methyl sites for hydroxylation is 1. The fraction of sp³-hybridized carbons (Fsp3) is 0.350. The van der Waals surface area contributed by atoms with Crippen LogP contribution in [0.25, 0.3) is 10.4 Å². The predicted molar refractivity (Wildman–Crippen MR) is 118 cm³/mol. The molecule has 154 valence electrons. The molecule has 7 nitrogen and oxygen atoms in total. The Morgan fingerprint density at radius 3 is 2.55 bits per heavy atom. The van der Waals surface area contributed by atoms with Gasteiger partial charge in [0.2, 0.25) is 16.0 Å². The SMILES string of the molecule is Cc1cc(Nc2nccc(C(C)C)n2)cc(-c2cnc(C(C)(C)S(N)(=O)=O)s2)c1. The van der Waals surface area contributed by atoms with Crippen LogP contribution in [0.5, 0.6) is 0 Å². The minimum atomic E-state index is -3.77. The van der Waals surface area contributed by atoms with E-state index >= 15 is 0 Å². The molecule has 0 saturated heterocycles. The molecule has 0 bridgehead atoms. The van der Waals surface area contributed by atoms with Crippen LogP contribution in [-0.4, -0.2) is 23.4 Å². The summed E-state index contributed by atoms with van der Waals surface area (Å²) in [4.78, 5) is 14.0. The number of thiazole rings is 1. The van der Waals surface area contributed by atoms with Crippen molar-refractivity contribution in [2.45, 2.75) is 45.3 Å². The number of hydrogen-bond acceptors (Lipinski definition) is 7. The Kier molecular flexibility index (Phi) is 5.75. The van der Waals surface area contributed by atoms with E-state index in [0.29, 0.717) is 16.9 Å². The molecule has 2 heterocycles. The molecule has 0 fully saturated rings. The lowest BCUT2D eigenvalue weighted by molar-refractivity contribution is 0.555. The van der Waals surface area contributed by atoms with Gasteiger partial charge in [-0.05, 0) is 56.0 Å². The molecular weight excluding hydrogens is 406 g/mol. The van der Waals surface area contributed by atoms with E-state index in [0.717, 1.165) is 27.4 Å². The van der Waals surface area contributed by atoms with Crippen LogP contribution in [0.3, 0.4) is 0 Å². The first-order chi connectivity index (χ1) is 13.5. The highest BCUT2D eigenvalue weighted by atomic mass is 32.2. The predicted octanol–water partition coefficient (Wildman–Crippen LogP) is 4.30. The smallest absolute Gasteiger partial charge is 0.227 e. The van der Waals surface area contributed by atoms with E-state index in [2.05, 4.69) is 34.1 Å². The zero-order chi connectivity index (χ0) is 21.4. The molecule has 0 aliphatic rings. The molecule has 0 unspecified atom stereocenters. The third-order valence-corrected chi connectivity index (χ3v) is 7.73. The van der Waals surface area contributed by atoms with Crippen LogP contribution in [0.15, 0.2) is 36.7 Å². The van der Waals surface area contributed by atoms with Crippen molar-refractivity contribution in [3.8, 4) is 10.4 Å². The quantitative estimate of drug-likeness (QED) is 0.602. The standard InChI is InChI=1S/C20H25N5O2S2/c1-12(2)16-6-7-22-19(25-16)24-15-9-13(3)8-14(10-15)17-11-23-18(28-17)20(4,5)29(21,26)27/h6-12H,1-5H3,(H2,21,26,27)(H,22,24,25). The molecule has 0 amide bonds. The number of aromatic nitrogens is 3. The maximum Gasteiger partial charge on any atom is 0.227 e. The third-order valence-electron chi connectivity index (χ3n) is 4.62. The zero-order valence-electron chi connectivity index (χ0n) is 17.1. The minimum Gasteiger partial charge on any atom is -0.324 e. The number of anilines is 2. The lowest BCUT2D eigenvalue weighted by Gasteiger charge is -2.18. The van der Waals surface area contributed by atoms with E-state index in [1.54, 1.807) is 26.2 Å². The Hall–Kier alpha value is -2.36. The van der Waals surface area contributed by atoms with Gasteiger partial charge in [0.25, 0.3) is 0 Å². The molecule has 0 aliphatic carbocycles. The third kappa shape index (κ3) is 4.63. The monoisotopic (exact) mass is 431 g/mol. The number of primary sulfonamides is 1. The fourth-order valence-corrected chi connectivity index (χ4v) is 4.36. The van der Waals surface area contributed by atoms with Gasteiger partial charge in [-0.25, -0.2) is 28.5 Å². The van der Waals surface area contributed by atoms with Gasteiger partial charge in [0.15, 0.2) is 0 Å². The molecule has 29 heavy (non-hydrogen) atoms. The van der Waals surface area contributed by atoms with E-state index in [1.165, 1.54) is 11.3 Å². The van der Waals surface area contributed by atoms with Crippen molar-refractivity contribution in [2.24, 2.45) is 5.14 Å². The van der Waals surface area contributed by atoms with Gasteiger partial charge in [-0.3, -0.25) is 0 Å². The summed E-state index contributed by atoms with van der Waals surface area (Å²) in [6.45, 7) is 9.29. The zero-order valence-corrected chi connectivity index (χ0v) is 18.7. The number of sulfonamides is 1. The van der Waals surface area contributed by atoms with Crippen LogP contribution in [0, 0.1) is 6.92 Å². The Labute approximate surface area is 175 Å². The number of nitrogens with one attached hydrogen (secondary N) is 1. The van der Waals surface area contributed by atoms with Crippen LogP contribution in [0.4, 0.5) is 11.6 Å². The number of nitrogens with two attached hydrogens (primary N) is 1. The van der Waals surface area contributed by atoms with Gasteiger partial charge in [0.05, 0.1) is 4.88 Å². The van der Waals surface area contributed by atoms with Crippen molar-refractivity contribution in [2.75, 3.05) is 5.32 Å². The average molecular weight is 432 g/mol. The van der Waals surface area contributed by atoms with Crippen LogP contribution in [-0.2, 0) is 14.8 Å². The van der Waals surface area contributed by atoms with Gasteiger partial charge in [-0.15, -0.1) is 11.3 Å². The molecule has 2 aromatic heterocycles. The molecule has 9 heteroatoms. The van der Waals surface area contributed by atoms with E-state index in [1.807, 2.05) is 31.2 Å². The average Bonchev–Trinajstić information content (AvgIpc) is 3.11. The highest BCUT2D eigenvalue weighted by Crippen LogP contribution is 2.36. The summed E-state index contributed by atoms with van der Waals surface area (Å²) in [5, 5.41) is 9.09. The van der Waals surface area contributed by atoms with Crippen LogP contribution in [0.1, 0.15) is 49.9 Å². The first-order valence-electron chi connectivity index (χ1n) is 9.18. The molecule has 0 atom stereocenters. The van der Waals surface area contributed by atoms with Gasteiger partial charge in [0.1, 0.15) is 9.75 Å². The second-order valence-corrected chi connectivity index (χ2v) is 10.9. The number of hydrogen-bond donors (Lipinski definition) is 2. The molecule has 3 rings (SSSR count). The molecular formula is C20H25N5O2S2. The summed E-state index contributed by atoms with van der Waals surface area (Å²) in [6, 6.07) is 7.91. The number of nitrogens with zero attached hydrogens (tertiary/aromatic N) is 3. The Bertz CT molecular complexity index is 1140. The topological polar surface area (TPSA) is 111 Å². The molecule has 0 spiro atoms. The number of rotatable bonds is 6. The van der Waals surface area contributed by atoms with E-state index in [9.17, 15) is 8.42 Å². The molecule has 1 aromatic carbocycles. The van der Waals surface area contributed by atoms with Crippen molar-refractivity contribution in [1.29, 1.82) is 0 Å². The highest BCUT2D eigenvalue weighted by molar-refractivity contribution is 7.90. The lowest BCUT2D eigenvalue weighted by atomic mass is 10.1. The second-order valence-electron chi connectivity index (χ2n) is 7.76. The van der Waals surface area contributed by atoms with Crippen molar-refractivity contribution in [3.63, 3.8) is 0 Å². The van der Waals surface area contributed by atoms with Crippen LogP contribution < -0.4 is 10.5 Å². The van der Waals surface area contributed by atoms with E-state index < -0.39 is 14.8 Å². The summed E-state index contributed by atoms with van der Waals surface area (Å²) in [6.07, 6.45) is 3.42. The normalized spacial score (nSPS) is 12.4. The summed E-state index contributed by atoms with van der Waals surface area (Å²) in [7, 11) is -3.77. The second kappa shape index (κ2) is 7.81. The van der Waals surface area contributed by atoms with Crippen molar-refractivity contribution < 1.29 is 8.42 Å². The summed E-state index contributed by atoms with van der Waals surface area (Å²) in [5.41, 5.74) is 3.79. The van der Waals surface area contributed by atoms with Crippen molar-refractivity contribution in [1.82, 2.24) is 15.0 Å². The molecule has 3 aromatic rings. The van der Waals surface area contributed by atoms with Gasteiger partial charge in [-0.1, -0.05) is 19.9 Å². The van der Waals surface area contributed by atoms with Crippen LogP contribution >= 0.6 is 11.3 Å². The van der Waals surface area contributed by atoms with Crippen molar-refractivity contribution >= 4 is 33.0 Å². The van der Waals surface area contributed by atoms with Gasteiger partial charge >= 0.3 is 0 Å². The van der Waals surface area contributed by atoms with E-state index in [-0.39, 0.29) is 0 Å². The summed E-state index contributed by atoms with van der Waals surface area (Å²) < 4.78 is 22.6. The Morgan fingerprint density at radius 1 is 1.17 bits per heavy atom. The molecule has 0 radical (unpaired) electrons. The van der Waals surface area contributed by atoms with E-state index in [4.69, 9.17) is 5.14 Å². The van der Waals surface area contributed by atoms with Gasteiger partial charge in [-0.2, -0.15) is 0 Å². The maximum atomic E-state index is 11.9. The largest absolute Gasteiger partial charge is 0.324 e. The fourth-order valence-electron chi connectivity index (χ4n) is 2.69. The molecule has 0 saturated carbocycles. The Morgan fingerprint density at radius 2 is 1.90 bits per heavy atom. The molecule has 3 N–H and O–H groups in total. The van der Waals surface area contributed by atoms with Gasteiger partial charge < -0.3 is 5.32 Å². The minimum absolute atomic E-state index is 0.310. The summed E-state index contributed by atoms with van der Waals surface area (Å²) in [5.74, 6) is 0.845. The lowest BCUT2D eigenvalue weighted by Crippen LogP contribution is -2.35. The van der Waals surface area contributed by atoms with Crippen molar-refractivity contribution in [3.05, 3.63) is 52.9 Å². The number of benzene rings is 1. The Balaban J connectivity index is 1.94. The first-order valence-corrected chi connectivity index (χ1v) is 11.5. The van der Waals surface area contributed by atoms with Gasteiger partial charge in [0, 0.05) is 23.8 Å². The maximum absolute atomic E-state index is 11.9.